The largest absolute Gasteiger partial charge is 0.507 e. The maximum Gasteiger partial charge on any atom is 0.126 e. The van der Waals surface area contributed by atoms with Gasteiger partial charge in [0.25, 0.3) is 0 Å². The number of nitrogens with one attached hydrogen (secondary N) is 1. The Morgan fingerprint density at radius 1 is 1.05 bits per heavy atom. The molecule has 2 aromatic rings. The van der Waals surface area contributed by atoms with Crippen LogP contribution in [0, 0.1) is 11.6 Å². The number of phenols is 1. The molecule has 2 nitrogen and oxygen atoms in total. The van der Waals surface area contributed by atoms with Crippen LogP contribution in [0.4, 0.5) is 14.5 Å². The van der Waals surface area contributed by atoms with Crippen LogP contribution < -0.4 is 5.32 Å². The molecule has 1 unspecified atom stereocenters. The summed E-state index contributed by atoms with van der Waals surface area (Å²) in [6.45, 7) is 1.74. The van der Waals surface area contributed by atoms with Gasteiger partial charge in [-0.15, -0.1) is 0 Å². The average molecular weight is 318 g/mol. The number of hydrogen-bond acceptors (Lipinski definition) is 2. The van der Waals surface area contributed by atoms with Crippen LogP contribution in [-0.2, 0) is 0 Å². The van der Waals surface area contributed by atoms with Crippen LogP contribution in [0.1, 0.15) is 18.5 Å². The van der Waals surface area contributed by atoms with Crippen molar-refractivity contribution in [3.63, 3.8) is 0 Å². The monoisotopic (exact) mass is 317 g/mol. The molecule has 2 N–H and O–H groups in total. The van der Waals surface area contributed by atoms with Crippen LogP contribution in [0.15, 0.2) is 30.3 Å². The second-order valence-corrected chi connectivity index (χ2v) is 5.13. The van der Waals surface area contributed by atoms with Crippen molar-refractivity contribution in [1.82, 2.24) is 0 Å². The number of aromatic hydroxyl groups is 1. The molecule has 2 aromatic carbocycles. The van der Waals surface area contributed by atoms with Crippen LogP contribution in [0.5, 0.6) is 5.75 Å². The lowest BCUT2D eigenvalue weighted by Gasteiger charge is -2.19. The molecule has 0 aliphatic heterocycles. The van der Waals surface area contributed by atoms with E-state index in [2.05, 4.69) is 5.32 Å². The molecule has 0 saturated carbocycles. The summed E-state index contributed by atoms with van der Waals surface area (Å²) in [5.74, 6) is -1.25. The zero-order valence-corrected chi connectivity index (χ0v) is 11.9. The smallest absolute Gasteiger partial charge is 0.126 e. The summed E-state index contributed by atoms with van der Waals surface area (Å²) in [7, 11) is 0. The highest BCUT2D eigenvalue weighted by atomic mass is 35.5. The SMILES string of the molecule is CC(Nc1c(Cl)cc(F)cc1Cl)c1ccc(F)cc1O. The number of halogens is 4. The van der Waals surface area contributed by atoms with Crippen molar-refractivity contribution in [3.8, 4) is 5.75 Å². The van der Waals surface area contributed by atoms with Gasteiger partial charge in [-0.3, -0.25) is 0 Å². The number of phenolic OH excluding ortho intramolecular Hbond substituents is 1. The van der Waals surface area contributed by atoms with Crippen molar-refractivity contribution < 1.29 is 13.9 Å². The van der Waals surface area contributed by atoms with Crippen LogP contribution in [0.3, 0.4) is 0 Å². The molecule has 0 heterocycles. The van der Waals surface area contributed by atoms with E-state index in [1.165, 1.54) is 12.1 Å². The molecule has 0 aliphatic carbocycles. The third-order valence-corrected chi connectivity index (χ3v) is 3.42. The van der Waals surface area contributed by atoms with E-state index in [-0.39, 0.29) is 15.8 Å². The maximum absolute atomic E-state index is 13.1. The van der Waals surface area contributed by atoms with Crippen LogP contribution in [0.2, 0.25) is 10.0 Å². The number of anilines is 1. The Balaban J connectivity index is 2.30. The number of benzene rings is 2. The molecule has 0 radical (unpaired) electrons. The Bertz CT molecular complexity index is 626. The highest BCUT2D eigenvalue weighted by Gasteiger charge is 2.15. The van der Waals surface area contributed by atoms with E-state index in [0.717, 1.165) is 18.2 Å². The highest BCUT2D eigenvalue weighted by molar-refractivity contribution is 6.39. The molecule has 20 heavy (non-hydrogen) atoms. The molecule has 2 rings (SSSR count). The van der Waals surface area contributed by atoms with E-state index in [0.29, 0.717) is 11.3 Å². The minimum atomic E-state index is -0.539. The second kappa shape index (κ2) is 5.85. The van der Waals surface area contributed by atoms with Gasteiger partial charge >= 0.3 is 0 Å². The summed E-state index contributed by atoms with van der Waals surface area (Å²) in [6.07, 6.45) is 0. The average Bonchev–Trinajstić information content (AvgIpc) is 2.33. The molecular formula is C14H11Cl2F2NO. The summed E-state index contributed by atoms with van der Waals surface area (Å²) >= 11 is 11.8. The van der Waals surface area contributed by atoms with Gasteiger partial charge in [-0.25, -0.2) is 8.78 Å². The van der Waals surface area contributed by atoms with E-state index in [4.69, 9.17) is 23.2 Å². The molecule has 0 amide bonds. The molecule has 0 aliphatic rings. The molecule has 0 saturated heterocycles. The maximum atomic E-state index is 13.1. The number of hydrogen-bond donors (Lipinski definition) is 2. The molecule has 0 aromatic heterocycles. The Kier molecular flexibility index (Phi) is 4.35. The van der Waals surface area contributed by atoms with E-state index < -0.39 is 17.7 Å². The highest BCUT2D eigenvalue weighted by Crippen LogP contribution is 2.35. The summed E-state index contributed by atoms with van der Waals surface area (Å²) < 4.78 is 26.0. The standard InChI is InChI=1S/C14H11Cl2F2NO/c1-7(10-3-2-8(17)6-13(10)20)19-14-11(15)4-9(18)5-12(14)16/h2-7,19-20H,1H3. The van der Waals surface area contributed by atoms with Crippen LogP contribution >= 0.6 is 23.2 Å². The fourth-order valence-electron chi connectivity index (χ4n) is 1.86. The first kappa shape index (κ1) is 14.9. The lowest BCUT2D eigenvalue weighted by atomic mass is 10.1. The van der Waals surface area contributed by atoms with E-state index in [1.807, 2.05) is 0 Å². The Morgan fingerprint density at radius 2 is 1.65 bits per heavy atom. The fourth-order valence-corrected chi connectivity index (χ4v) is 2.43. The first-order valence-electron chi connectivity index (χ1n) is 5.78. The quantitative estimate of drug-likeness (QED) is 0.820. The summed E-state index contributed by atoms with van der Waals surface area (Å²) in [5.41, 5.74) is 0.828. The van der Waals surface area contributed by atoms with Gasteiger partial charge in [-0.1, -0.05) is 29.3 Å². The summed E-state index contributed by atoms with van der Waals surface area (Å²) in [4.78, 5) is 0. The zero-order valence-electron chi connectivity index (χ0n) is 10.4. The number of rotatable bonds is 3. The normalized spacial score (nSPS) is 12.2. The van der Waals surface area contributed by atoms with Crippen LogP contribution in [0.25, 0.3) is 0 Å². The van der Waals surface area contributed by atoms with Gasteiger partial charge in [-0.2, -0.15) is 0 Å². The van der Waals surface area contributed by atoms with E-state index >= 15 is 0 Å². The van der Waals surface area contributed by atoms with E-state index in [1.54, 1.807) is 6.92 Å². The predicted molar refractivity (Wildman–Crippen MR) is 76.5 cm³/mol. The zero-order chi connectivity index (χ0) is 14.9. The van der Waals surface area contributed by atoms with Gasteiger partial charge in [0.2, 0.25) is 0 Å². The first-order chi connectivity index (χ1) is 9.38. The molecule has 0 spiro atoms. The lowest BCUT2D eigenvalue weighted by Crippen LogP contribution is -2.08. The van der Waals surface area contributed by atoms with Crippen molar-refractivity contribution >= 4 is 28.9 Å². The van der Waals surface area contributed by atoms with Gasteiger partial charge in [0.15, 0.2) is 0 Å². The minimum Gasteiger partial charge on any atom is -0.507 e. The predicted octanol–water partition coefficient (Wildman–Crippen LogP) is 5.15. The lowest BCUT2D eigenvalue weighted by molar-refractivity contribution is 0.459. The summed E-state index contributed by atoms with van der Waals surface area (Å²) in [6, 6.07) is 5.58. The Morgan fingerprint density at radius 3 is 2.20 bits per heavy atom. The minimum absolute atomic E-state index is 0.128. The van der Waals surface area contributed by atoms with Crippen molar-refractivity contribution in [2.24, 2.45) is 0 Å². The second-order valence-electron chi connectivity index (χ2n) is 4.31. The van der Waals surface area contributed by atoms with Gasteiger partial charge in [-0.05, 0) is 25.1 Å². The van der Waals surface area contributed by atoms with E-state index in [9.17, 15) is 13.9 Å². The van der Waals surface area contributed by atoms with Crippen molar-refractivity contribution in [1.29, 1.82) is 0 Å². The van der Waals surface area contributed by atoms with Crippen molar-refractivity contribution in [2.45, 2.75) is 13.0 Å². The summed E-state index contributed by atoms with van der Waals surface area (Å²) in [5, 5.41) is 12.9. The Labute approximate surface area is 125 Å². The van der Waals surface area contributed by atoms with Crippen LogP contribution in [-0.4, -0.2) is 5.11 Å². The molecule has 106 valence electrons. The van der Waals surface area contributed by atoms with Gasteiger partial charge in [0.1, 0.15) is 17.4 Å². The molecule has 0 fully saturated rings. The topological polar surface area (TPSA) is 32.3 Å². The van der Waals surface area contributed by atoms with Crippen molar-refractivity contribution in [3.05, 3.63) is 57.6 Å². The third kappa shape index (κ3) is 3.14. The molecule has 6 heteroatoms. The van der Waals surface area contributed by atoms with Crippen molar-refractivity contribution in [2.75, 3.05) is 5.32 Å². The first-order valence-corrected chi connectivity index (χ1v) is 6.53. The fraction of sp³-hybridized carbons (Fsp3) is 0.143. The Hall–Kier alpha value is -1.52. The molecule has 1 atom stereocenters. The third-order valence-electron chi connectivity index (χ3n) is 2.83. The molecule has 0 bridgehead atoms. The van der Waals surface area contributed by atoms with Gasteiger partial charge in [0, 0.05) is 11.6 Å². The van der Waals surface area contributed by atoms with Gasteiger partial charge < -0.3 is 10.4 Å². The molecular weight excluding hydrogens is 307 g/mol. The van der Waals surface area contributed by atoms with Gasteiger partial charge in [0.05, 0.1) is 21.8 Å².